The summed E-state index contributed by atoms with van der Waals surface area (Å²) in [6.45, 7) is 3.74. The first kappa shape index (κ1) is 12.2. The van der Waals surface area contributed by atoms with Crippen LogP contribution in [0, 0.1) is 13.8 Å². The molecule has 0 atom stereocenters. The van der Waals surface area contributed by atoms with Crippen LogP contribution in [0.15, 0.2) is 22.8 Å². The van der Waals surface area contributed by atoms with E-state index in [1.54, 1.807) is 12.3 Å². The molecule has 2 aromatic rings. The zero-order valence-corrected chi connectivity index (χ0v) is 11.7. The zero-order chi connectivity index (χ0) is 12.4. The van der Waals surface area contributed by atoms with E-state index in [9.17, 15) is 4.79 Å². The predicted molar refractivity (Wildman–Crippen MR) is 71.5 cm³/mol. The molecule has 0 aliphatic rings. The minimum absolute atomic E-state index is 0.176. The molecule has 0 bridgehead atoms. The van der Waals surface area contributed by atoms with Crippen LogP contribution in [0.4, 0.5) is 5.82 Å². The quantitative estimate of drug-likeness (QED) is 0.926. The van der Waals surface area contributed by atoms with Gasteiger partial charge in [-0.05, 0) is 41.9 Å². The van der Waals surface area contributed by atoms with Gasteiger partial charge in [-0.1, -0.05) is 0 Å². The molecule has 0 aliphatic carbocycles. The highest BCUT2D eigenvalue weighted by Gasteiger charge is 2.10. The van der Waals surface area contributed by atoms with Gasteiger partial charge in [0.05, 0.1) is 16.9 Å². The molecule has 6 heteroatoms. The minimum atomic E-state index is -0.176. The van der Waals surface area contributed by atoms with Gasteiger partial charge in [-0.3, -0.25) is 4.79 Å². The monoisotopic (exact) mass is 311 g/mol. The molecule has 0 fully saturated rings. The first-order valence-corrected chi connectivity index (χ1v) is 6.54. The Bertz CT molecular complexity index is 568. The number of nitrogens with zero attached hydrogens (tertiary/aromatic N) is 2. The second-order valence-corrected chi connectivity index (χ2v) is 5.55. The van der Waals surface area contributed by atoms with Gasteiger partial charge in [0, 0.05) is 4.47 Å². The van der Waals surface area contributed by atoms with E-state index in [0.717, 1.165) is 15.2 Å². The number of pyridine rings is 1. The molecule has 88 valence electrons. The average molecular weight is 312 g/mol. The van der Waals surface area contributed by atoms with Crippen molar-refractivity contribution in [1.82, 2.24) is 9.97 Å². The molecule has 0 aliphatic heterocycles. The van der Waals surface area contributed by atoms with Gasteiger partial charge in [0.15, 0.2) is 0 Å². The number of hydrogen-bond donors (Lipinski definition) is 1. The number of rotatable bonds is 2. The third-order valence-corrected chi connectivity index (χ3v) is 3.86. The Morgan fingerprint density at radius 2 is 2.18 bits per heavy atom. The molecule has 4 nitrogen and oxygen atoms in total. The second kappa shape index (κ2) is 4.93. The molecule has 2 rings (SSSR count). The lowest BCUT2D eigenvalue weighted by Gasteiger charge is -2.04. The predicted octanol–water partition coefficient (Wildman–Crippen LogP) is 3.17. The summed E-state index contributed by atoms with van der Waals surface area (Å²) >= 11 is 4.72. The fourth-order valence-corrected chi connectivity index (χ4v) is 2.15. The molecular formula is C11H10BrN3OS. The molecule has 0 saturated carbocycles. The maximum absolute atomic E-state index is 11.8. The number of nitrogens with one attached hydrogen (secondary N) is 1. The number of hydrogen-bond acceptors (Lipinski definition) is 4. The highest BCUT2D eigenvalue weighted by molar-refractivity contribution is 9.10. The average Bonchev–Trinajstić information content (AvgIpc) is 2.70. The van der Waals surface area contributed by atoms with E-state index in [1.165, 1.54) is 11.3 Å². The van der Waals surface area contributed by atoms with Crippen molar-refractivity contribution in [3.63, 3.8) is 0 Å². The van der Waals surface area contributed by atoms with E-state index in [2.05, 4.69) is 31.2 Å². The first-order chi connectivity index (χ1) is 8.06. The molecule has 0 aromatic carbocycles. The van der Waals surface area contributed by atoms with Crippen LogP contribution < -0.4 is 5.32 Å². The number of aryl methyl sites for hydroxylation is 2. The van der Waals surface area contributed by atoms with Gasteiger partial charge < -0.3 is 5.32 Å². The SMILES string of the molecule is Cc1ncc(C(=O)Nc2ccc(Br)c(C)n2)s1. The molecule has 0 unspecified atom stereocenters. The number of carbonyl (C=O) groups excluding carboxylic acids is 1. The first-order valence-electron chi connectivity index (χ1n) is 4.93. The van der Waals surface area contributed by atoms with Crippen molar-refractivity contribution < 1.29 is 4.79 Å². The molecule has 2 aromatic heterocycles. The van der Waals surface area contributed by atoms with Crippen LogP contribution in [-0.2, 0) is 0 Å². The summed E-state index contributed by atoms with van der Waals surface area (Å²) in [4.78, 5) is 20.7. The van der Waals surface area contributed by atoms with Crippen LogP contribution in [0.25, 0.3) is 0 Å². The number of carbonyl (C=O) groups is 1. The highest BCUT2D eigenvalue weighted by atomic mass is 79.9. The highest BCUT2D eigenvalue weighted by Crippen LogP contribution is 2.18. The topological polar surface area (TPSA) is 54.9 Å². The Morgan fingerprint density at radius 1 is 1.41 bits per heavy atom. The lowest BCUT2D eigenvalue weighted by Crippen LogP contribution is -2.11. The van der Waals surface area contributed by atoms with Gasteiger partial charge in [-0.15, -0.1) is 11.3 Å². The summed E-state index contributed by atoms with van der Waals surface area (Å²) in [5.74, 6) is 0.367. The molecule has 0 radical (unpaired) electrons. The van der Waals surface area contributed by atoms with Gasteiger partial charge in [0.2, 0.25) is 0 Å². The Kier molecular flexibility index (Phi) is 3.54. The third-order valence-electron chi connectivity index (χ3n) is 2.11. The Balaban J connectivity index is 2.15. The van der Waals surface area contributed by atoms with Crippen molar-refractivity contribution in [2.45, 2.75) is 13.8 Å². The lowest BCUT2D eigenvalue weighted by molar-refractivity contribution is 0.103. The van der Waals surface area contributed by atoms with Crippen LogP contribution in [0.3, 0.4) is 0 Å². The minimum Gasteiger partial charge on any atom is -0.306 e. The van der Waals surface area contributed by atoms with Crippen molar-refractivity contribution in [2.24, 2.45) is 0 Å². The number of halogens is 1. The van der Waals surface area contributed by atoms with Crippen LogP contribution in [0.2, 0.25) is 0 Å². The Morgan fingerprint density at radius 3 is 2.76 bits per heavy atom. The van der Waals surface area contributed by atoms with Crippen molar-refractivity contribution in [3.8, 4) is 0 Å². The lowest BCUT2D eigenvalue weighted by atomic mass is 10.3. The fourth-order valence-electron chi connectivity index (χ4n) is 1.26. The van der Waals surface area contributed by atoms with Crippen molar-refractivity contribution in [2.75, 3.05) is 5.32 Å². The standard InChI is InChI=1S/C11H10BrN3OS/c1-6-8(12)3-4-10(14-6)15-11(16)9-5-13-7(2)17-9/h3-5H,1-2H3,(H,14,15,16). The van der Waals surface area contributed by atoms with Crippen LogP contribution in [-0.4, -0.2) is 15.9 Å². The van der Waals surface area contributed by atoms with Crippen molar-refractivity contribution >= 4 is 39.0 Å². The summed E-state index contributed by atoms with van der Waals surface area (Å²) in [7, 11) is 0. The maximum atomic E-state index is 11.8. The summed E-state index contributed by atoms with van der Waals surface area (Å²) in [6, 6.07) is 3.61. The molecule has 17 heavy (non-hydrogen) atoms. The van der Waals surface area contributed by atoms with Crippen molar-refractivity contribution in [1.29, 1.82) is 0 Å². The number of anilines is 1. The van der Waals surface area contributed by atoms with Crippen LogP contribution in [0.5, 0.6) is 0 Å². The van der Waals surface area contributed by atoms with Gasteiger partial charge in [0.25, 0.3) is 5.91 Å². The fraction of sp³-hybridized carbons (Fsp3) is 0.182. The molecule has 1 N–H and O–H groups in total. The third kappa shape index (κ3) is 2.89. The number of aromatic nitrogens is 2. The largest absolute Gasteiger partial charge is 0.306 e. The van der Waals surface area contributed by atoms with E-state index < -0.39 is 0 Å². The maximum Gasteiger partial charge on any atom is 0.268 e. The van der Waals surface area contributed by atoms with Crippen molar-refractivity contribution in [3.05, 3.63) is 38.4 Å². The van der Waals surface area contributed by atoms with E-state index in [0.29, 0.717) is 10.7 Å². The number of amides is 1. The van der Waals surface area contributed by atoms with E-state index in [-0.39, 0.29) is 5.91 Å². The Labute approximate surface area is 111 Å². The molecule has 0 spiro atoms. The molecule has 0 saturated heterocycles. The molecule has 2 heterocycles. The summed E-state index contributed by atoms with van der Waals surface area (Å²) in [5, 5.41) is 3.61. The van der Waals surface area contributed by atoms with E-state index in [1.807, 2.05) is 19.9 Å². The Hall–Kier alpha value is -1.27. The number of thiazole rings is 1. The smallest absolute Gasteiger partial charge is 0.268 e. The normalized spacial score (nSPS) is 10.3. The summed E-state index contributed by atoms with van der Waals surface area (Å²) in [6.07, 6.45) is 1.57. The van der Waals surface area contributed by atoms with Gasteiger partial charge in [0.1, 0.15) is 10.7 Å². The van der Waals surface area contributed by atoms with Gasteiger partial charge in [-0.2, -0.15) is 0 Å². The van der Waals surface area contributed by atoms with Gasteiger partial charge in [-0.25, -0.2) is 9.97 Å². The molecule has 1 amide bonds. The zero-order valence-electron chi connectivity index (χ0n) is 9.32. The van der Waals surface area contributed by atoms with E-state index >= 15 is 0 Å². The van der Waals surface area contributed by atoms with E-state index in [4.69, 9.17) is 0 Å². The summed E-state index contributed by atoms with van der Waals surface area (Å²) < 4.78 is 0.920. The molecular weight excluding hydrogens is 302 g/mol. The van der Waals surface area contributed by atoms with Crippen LogP contribution >= 0.6 is 27.3 Å². The second-order valence-electron chi connectivity index (χ2n) is 3.46. The summed E-state index contributed by atoms with van der Waals surface area (Å²) in [5.41, 5.74) is 0.836. The van der Waals surface area contributed by atoms with Crippen LogP contribution in [0.1, 0.15) is 20.4 Å². The van der Waals surface area contributed by atoms with Gasteiger partial charge >= 0.3 is 0 Å².